The molecule has 0 saturated carbocycles. The molecule has 1 aromatic carbocycles. The normalized spacial score (nSPS) is 10.8. The summed E-state index contributed by atoms with van der Waals surface area (Å²) in [6.45, 7) is 3.72. The summed E-state index contributed by atoms with van der Waals surface area (Å²) in [6.07, 6.45) is 1.65. The van der Waals surface area contributed by atoms with E-state index in [0.29, 0.717) is 6.54 Å². The highest BCUT2D eigenvalue weighted by atomic mass is 16.2. The highest BCUT2D eigenvalue weighted by molar-refractivity contribution is 6.00. The number of nitrogens with one attached hydrogen (secondary N) is 2. The molecule has 4 nitrogen and oxygen atoms in total. The maximum atomic E-state index is 11.7. The lowest BCUT2D eigenvalue weighted by molar-refractivity contribution is -0.122. The first-order chi connectivity index (χ1) is 8.13. The van der Waals surface area contributed by atoms with Crippen LogP contribution in [0.2, 0.25) is 0 Å². The standard InChI is InChI=1S/C13H16N2O2/c1-3-14-13(17)12(15-10(2)16)9-11-7-5-4-6-8-11/h4-9H,3H2,1-2H3,(H,14,17)(H,15,16)/b12-9+. The zero-order valence-electron chi connectivity index (χ0n) is 9.99. The number of benzene rings is 1. The summed E-state index contributed by atoms with van der Waals surface area (Å²) in [5.41, 5.74) is 1.12. The van der Waals surface area contributed by atoms with Crippen LogP contribution in [0.15, 0.2) is 36.0 Å². The van der Waals surface area contributed by atoms with Crippen molar-refractivity contribution in [1.29, 1.82) is 0 Å². The summed E-state index contributed by atoms with van der Waals surface area (Å²) in [7, 11) is 0. The number of carbonyl (C=O) groups excluding carboxylic acids is 2. The van der Waals surface area contributed by atoms with Gasteiger partial charge in [0.15, 0.2) is 0 Å². The maximum Gasteiger partial charge on any atom is 0.267 e. The fraction of sp³-hybridized carbons (Fsp3) is 0.231. The first kappa shape index (κ1) is 13.0. The molecule has 0 heterocycles. The highest BCUT2D eigenvalue weighted by Crippen LogP contribution is 2.04. The van der Waals surface area contributed by atoms with Crippen molar-refractivity contribution in [2.24, 2.45) is 0 Å². The van der Waals surface area contributed by atoms with Gasteiger partial charge in [-0.25, -0.2) is 0 Å². The molecule has 0 aliphatic heterocycles. The Morgan fingerprint density at radius 1 is 1.24 bits per heavy atom. The number of hydrogen-bond donors (Lipinski definition) is 2. The van der Waals surface area contributed by atoms with Gasteiger partial charge in [0.1, 0.15) is 5.70 Å². The van der Waals surface area contributed by atoms with E-state index in [1.807, 2.05) is 37.3 Å². The van der Waals surface area contributed by atoms with Gasteiger partial charge in [0.2, 0.25) is 5.91 Å². The average molecular weight is 232 g/mol. The average Bonchev–Trinajstić information content (AvgIpc) is 2.29. The number of rotatable bonds is 4. The van der Waals surface area contributed by atoms with E-state index in [1.165, 1.54) is 6.92 Å². The summed E-state index contributed by atoms with van der Waals surface area (Å²) in [6, 6.07) is 9.35. The van der Waals surface area contributed by atoms with Crippen LogP contribution in [0.1, 0.15) is 19.4 Å². The molecule has 0 saturated heterocycles. The largest absolute Gasteiger partial charge is 0.351 e. The minimum absolute atomic E-state index is 0.255. The molecule has 0 spiro atoms. The second-order valence-corrected chi connectivity index (χ2v) is 3.51. The Labute approximate surface area is 101 Å². The van der Waals surface area contributed by atoms with Gasteiger partial charge in [0.05, 0.1) is 0 Å². The summed E-state index contributed by atoms with van der Waals surface area (Å²) >= 11 is 0. The lowest BCUT2D eigenvalue weighted by atomic mass is 10.2. The molecule has 0 aliphatic carbocycles. The minimum atomic E-state index is -0.286. The zero-order valence-corrected chi connectivity index (χ0v) is 9.99. The van der Waals surface area contributed by atoms with E-state index in [4.69, 9.17) is 0 Å². The van der Waals surface area contributed by atoms with Crippen LogP contribution in [-0.4, -0.2) is 18.4 Å². The van der Waals surface area contributed by atoms with Crippen LogP contribution in [0.4, 0.5) is 0 Å². The van der Waals surface area contributed by atoms with Crippen molar-refractivity contribution in [2.45, 2.75) is 13.8 Å². The quantitative estimate of drug-likeness (QED) is 0.769. The first-order valence-corrected chi connectivity index (χ1v) is 5.46. The van der Waals surface area contributed by atoms with Gasteiger partial charge in [0, 0.05) is 13.5 Å². The molecule has 0 fully saturated rings. The Kier molecular flexibility index (Phi) is 4.94. The van der Waals surface area contributed by atoms with E-state index in [9.17, 15) is 9.59 Å². The third-order valence-corrected chi connectivity index (χ3v) is 2.00. The van der Waals surface area contributed by atoms with Crippen molar-refractivity contribution >= 4 is 17.9 Å². The van der Waals surface area contributed by atoms with E-state index in [0.717, 1.165) is 5.56 Å². The monoisotopic (exact) mass is 232 g/mol. The van der Waals surface area contributed by atoms with Gasteiger partial charge < -0.3 is 10.6 Å². The van der Waals surface area contributed by atoms with Crippen molar-refractivity contribution in [3.8, 4) is 0 Å². The van der Waals surface area contributed by atoms with Gasteiger partial charge in [-0.15, -0.1) is 0 Å². The SMILES string of the molecule is CCNC(=O)/C(=C\c1ccccc1)NC(C)=O. The fourth-order valence-corrected chi connectivity index (χ4v) is 1.32. The fourth-order valence-electron chi connectivity index (χ4n) is 1.32. The van der Waals surface area contributed by atoms with Gasteiger partial charge >= 0.3 is 0 Å². The predicted molar refractivity (Wildman–Crippen MR) is 66.9 cm³/mol. The summed E-state index contributed by atoms with van der Waals surface area (Å²) in [5, 5.41) is 5.17. The first-order valence-electron chi connectivity index (χ1n) is 5.46. The maximum absolute atomic E-state index is 11.7. The Hall–Kier alpha value is -2.10. The van der Waals surface area contributed by atoms with Crippen molar-refractivity contribution in [1.82, 2.24) is 10.6 Å². The molecule has 2 amide bonds. The van der Waals surface area contributed by atoms with Crippen molar-refractivity contribution in [2.75, 3.05) is 6.54 Å². The Morgan fingerprint density at radius 2 is 1.88 bits per heavy atom. The molecule has 0 aliphatic rings. The second kappa shape index (κ2) is 6.48. The van der Waals surface area contributed by atoms with Crippen LogP contribution in [-0.2, 0) is 9.59 Å². The van der Waals surface area contributed by atoms with Crippen LogP contribution >= 0.6 is 0 Å². The number of hydrogen-bond acceptors (Lipinski definition) is 2. The van der Waals surface area contributed by atoms with Crippen molar-refractivity contribution in [3.63, 3.8) is 0 Å². The lowest BCUT2D eigenvalue weighted by Crippen LogP contribution is -2.33. The molecule has 90 valence electrons. The number of likely N-dealkylation sites (N-methyl/N-ethyl adjacent to an activating group) is 1. The topological polar surface area (TPSA) is 58.2 Å². The minimum Gasteiger partial charge on any atom is -0.351 e. The molecule has 0 bridgehead atoms. The van der Waals surface area contributed by atoms with E-state index in [2.05, 4.69) is 10.6 Å². The van der Waals surface area contributed by atoms with E-state index >= 15 is 0 Å². The van der Waals surface area contributed by atoms with Gasteiger partial charge in [-0.3, -0.25) is 9.59 Å². The van der Waals surface area contributed by atoms with Crippen LogP contribution < -0.4 is 10.6 Å². The molecule has 0 unspecified atom stereocenters. The molecule has 1 aromatic rings. The van der Waals surface area contributed by atoms with Gasteiger partial charge in [-0.05, 0) is 18.6 Å². The van der Waals surface area contributed by atoms with Gasteiger partial charge in [-0.1, -0.05) is 30.3 Å². The van der Waals surface area contributed by atoms with E-state index in [1.54, 1.807) is 6.08 Å². The van der Waals surface area contributed by atoms with Gasteiger partial charge in [0.25, 0.3) is 5.91 Å². The lowest BCUT2D eigenvalue weighted by Gasteiger charge is -2.08. The smallest absolute Gasteiger partial charge is 0.267 e. The molecular weight excluding hydrogens is 216 g/mol. The Morgan fingerprint density at radius 3 is 2.41 bits per heavy atom. The number of amides is 2. The summed E-state index contributed by atoms with van der Waals surface area (Å²) < 4.78 is 0. The molecule has 2 N–H and O–H groups in total. The van der Waals surface area contributed by atoms with Crippen LogP contribution in [0.5, 0.6) is 0 Å². The Bertz CT molecular complexity index is 424. The third kappa shape index (κ3) is 4.51. The van der Waals surface area contributed by atoms with Crippen LogP contribution in [0.3, 0.4) is 0 Å². The highest BCUT2D eigenvalue weighted by Gasteiger charge is 2.09. The Balaban J connectivity index is 2.93. The predicted octanol–water partition coefficient (Wildman–Crippen LogP) is 1.30. The second-order valence-electron chi connectivity index (χ2n) is 3.51. The molecule has 0 radical (unpaired) electrons. The van der Waals surface area contributed by atoms with Crippen molar-refractivity contribution < 1.29 is 9.59 Å². The van der Waals surface area contributed by atoms with E-state index in [-0.39, 0.29) is 17.5 Å². The van der Waals surface area contributed by atoms with Crippen molar-refractivity contribution in [3.05, 3.63) is 41.6 Å². The van der Waals surface area contributed by atoms with E-state index < -0.39 is 0 Å². The summed E-state index contributed by atoms with van der Waals surface area (Å²) in [5.74, 6) is -0.551. The molecule has 1 rings (SSSR count). The van der Waals surface area contributed by atoms with Crippen LogP contribution in [0, 0.1) is 0 Å². The van der Waals surface area contributed by atoms with Crippen LogP contribution in [0.25, 0.3) is 6.08 Å². The van der Waals surface area contributed by atoms with Gasteiger partial charge in [-0.2, -0.15) is 0 Å². The molecule has 17 heavy (non-hydrogen) atoms. The molecular formula is C13H16N2O2. The molecule has 4 heteroatoms. The summed E-state index contributed by atoms with van der Waals surface area (Å²) in [4.78, 5) is 22.7. The molecule has 0 atom stereocenters. The molecule has 0 aromatic heterocycles. The third-order valence-electron chi connectivity index (χ3n) is 2.00. The number of carbonyl (C=O) groups is 2. The zero-order chi connectivity index (χ0) is 12.7.